The summed E-state index contributed by atoms with van der Waals surface area (Å²) < 4.78 is 16.5. The van der Waals surface area contributed by atoms with Crippen molar-refractivity contribution in [1.29, 1.82) is 0 Å². The molecule has 1 aromatic carbocycles. The van der Waals surface area contributed by atoms with E-state index in [0.29, 0.717) is 18.6 Å². The molecule has 2 heterocycles. The molecule has 23 heavy (non-hydrogen) atoms. The Kier molecular flexibility index (Phi) is 4.58. The summed E-state index contributed by atoms with van der Waals surface area (Å²) in [5.41, 5.74) is 0.849. The average molecular weight is 356 g/mol. The summed E-state index contributed by atoms with van der Waals surface area (Å²) in [6.45, 7) is 1.86. The monoisotopic (exact) mass is 355 g/mol. The van der Waals surface area contributed by atoms with Gasteiger partial charge in [-0.15, -0.1) is 0 Å². The Morgan fingerprint density at radius 2 is 2.17 bits per heavy atom. The zero-order chi connectivity index (χ0) is 16.6. The number of halogens is 1. The lowest BCUT2D eigenvalue weighted by Crippen LogP contribution is -2.58. The smallest absolute Gasteiger partial charge is 0.336 e. The van der Waals surface area contributed by atoms with E-state index in [0.717, 1.165) is 5.56 Å². The van der Waals surface area contributed by atoms with Gasteiger partial charge in [-0.1, -0.05) is 41.9 Å². The SMILES string of the molecule is CC[S+]([O-])C1(Cl)CC2CC(=O)N2[C@H]1C(=O)OCc1ccccc1. The molecule has 7 heteroatoms. The summed E-state index contributed by atoms with van der Waals surface area (Å²) in [7, 11) is 0. The number of carbonyl (C=O) groups is 2. The summed E-state index contributed by atoms with van der Waals surface area (Å²) in [4.78, 5) is 25.9. The Balaban J connectivity index is 1.76. The Hall–Kier alpha value is -1.24. The standard InChI is InChI=1S/C16H18ClNO4S/c1-2-23(21)16(17)9-12-8-13(19)18(12)14(16)15(20)22-10-11-6-4-3-5-7-11/h3-7,12,14H,2,8-10H2,1H3/t12?,14-,16?,23?/m0/s1. The van der Waals surface area contributed by atoms with Crippen molar-refractivity contribution in [2.75, 3.05) is 5.75 Å². The largest absolute Gasteiger partial charge is 0.615 e. The van der Waals surface area contributed by atoms with Crippen LogP contribution in [-0.4, -0.2) is 43.4 Å². The second-order valence-corrected chi connectivity index (χ2v) is 8.67. The van der Waals surface area contributed by atoms with Gasteiger partial charge in [-0.25, -0.2) is 4.79 Å². The van der Waals surface area contributed by atoms with E-state index in [4.69, 9.17) is 16.3 Å². The molecule has 0 radical (unpaired) electrons. The van der Waals surface area contributed by atoms with E-state index in [1.807, 2.05) is 30.3 Å². The Morgan fingerprint density at radius 3 is 2.78 bits per heavy atom. The van der Waals surface area contributed by atoms with Crippen molar-refractivity contribution in [3.63, 3.8) is 0 Å². The van der Waals surface area contributed by atoms with Crippen LogP contribution in [-0.2, 0) is 32.1 Å². The molecule has 0 saturated carbocycles. The normalized spacial score (nSPS) is 30.6. The summed E-state index contributed by atoms with van der Waals surface area (Å²) in [5, 5.41) is 0. The van der Waals surface area contributed by atoms with Crippen LogP contribution in [0, 0.1) is 0 Å². The minimum atomic E-state index is -1.41. The van der Waals surface area contributed by atoms with Crippen LogP contribution in [0.25, 0.3) is 0 Å². The van der Waals surface area contributed by atoms with Gasteiger partial charge < -0.3 is 14.2 Å². The highest BCUT2D eigenvalue weighted by molar-refractivity contribution is 7.94. The van der Waals surface area contributed by atoms with Gasteiger partial charge >= 0.3 is 5.97 Å². The number of ether oxygens (including phenoxy) is 1. The Bertz CT molecular complexity index is 613. The summed E-state index contributed by atoms with van der Waals surface area (Å²) in [6.07, 6.45) is 0.726. The van der Waals surface area contributed by atoms with E-state index >= 15 is 0 Å². The van der Waals surface area contributed by atoms with Crippen LogP contribution in [0.4, 0.5) is 0 Å². The number of carbonyl (C=O) groups excluding carboxylic acids is 2. The molecular formula is C16H18ClNO4S. The van der Waals surface area contributed by atoms with Crippen molar-refractivity contribution in [1.82, 2.24) is 4.90 Å². The maximum atomic E-state index is 12.6. The molecule has 4 atom stereocenters. The van der Waals surface area contributed by atoms with Crippen molar-refractivity contribution in [3.05, 3.63) is 35.9 Å². The maximum absolute atomic E-state index is 12.6. The summed E-state index contributed by atoms with van der Waals surface area (Å²) in [6, 6.07) is 8.19. The summed E-state index contributed by atoms with van der Waals surface area (Å²) >= 11 is 5.15. The van der Waals surface area contributed by atoms with Gasteiger partial charge in [0, 0.05) is 18.9 Å². The first-order chi connectivity index (χ1) is 11.0. The van der Waals surface area contributed by atoms with E-state index < -0.39 is 27.4 Å². The zero-order valence-electron chi connectivity index (χ0n) is 12.7. The van der Waals surface area contributed by atoms with Crippen LogP contribution in [0.3, 0.4) is 0 Å². The number of hydrogen-bond donors (Lipinski definition) is 0. The third kappa shape index (κ3) is 2.84. The fourth-order valence-electron chi connectivity index (χ4n) is 3.22. The highest BCUT2D eigenvalue weighted by atomic mass is 35.5. The van der Waals surface area contributed by atoms with Crippen molar-refractivity contribution in [3.8, 4) is 0 Å². The van der Waals surface area contributed by atoms with Gasteiger partial charge in [-0.2, -0.15) is 0 Å². The molecule has 0 bridgehead atoms. The lowest BCUT2D eigenvalue weighted by Gasteiger charge is -2.38. The predicted octanol–water partition coefficient (Wildman–Crippen LogP) is 1.81. The molecule has 0 aromatic heterocycles. The van der Waals surface area contributed by atoms with E-state index in [9.17, 15) is 14.1 Å². The van der Waals surface area contributed by atoms with Crippen molar-refractivity contribution < 1.29 is 18.9 Å². The van der Waals surface area contributed by atoms with Gasteiger partial charge in [-0.05, 0) is 23.7 Å². The molecule has 0 N–H and O–H groups in total. The highest BCUT2D eigenvalue weighted by Crippen LogP contribution is 2.49. The molecule has 5 nitrogen and oxygen atoms in total. The van der Waals surface area contributed by atoms with Crippen molar-refractivity contribution in [2.45, 2.75) is 42.7 Å². The molecule has 2 fully saturated rings. The minimum Gasteiger partial charge on any atom is -0.615 e. The number of rotatable bonds is 5. The van der Waals surface area contributed by atoms with Gasteiger partial charge in [-0.3, -0.25) is 4.79 Å². The summed E-state index contributed by atoms with van der Waals surface area (Å²) in [5.74, 6) is -0.380. The number of nitrogens with zero attached hydrogens (tertiary/aromatic N) is 1. The van der Waals surface area contributed by atoms with Crippen molar-refractivity contribution in [2.24, 2.45) is 0 Å². The minimum absolute atomic E-state index is 0.106. The van der Waals surface area contributed by atoms with E-state index in [1.165, 1.54) is 4.90 Å². The van der Waals surface area contributed by atoms with Crippen LogP contribution in [0.15, 0.2) is 30.3 Å². The third-order valence-corrected chi connectivity index (χ3v) is 6.93. The number of benzene rings is 1. The molecular weight excluding hydrogens is 338 g/mol. The van der Waals surface area contributed by atoms with Crippen LogP contribution >= 0.6 is 11.6 Å². The van der Waals surface area contributed by atoms with Crippen LogP contribution in [0.5, 0.6) is 0 Å². The molecule has 2 aliphatic rings. The molecule has 3 rings (SSSR count). The average Bonchev–Trinajstić information content (AvgIpc) is 2.81. The van der Waals surface area contributed by atoms with Crippen LogP contribution in [0.2, 0.25) is 0 Å². The number of hydrogen-bond acceptors (Lipinski definition) is 4. The van der Waals surface area contributed by atoms with E-state index in [1.54, 1.807) is 6.92 Å². The molecule has 2 aliphatic heterocycles. The first kappa shape index (κ1) is 16.6. The quantitative estimate of drug-likeness (QED) is 0.349. The number of alkyl halides is 1. The molecule has 3 unspecified atom stereocenters. The predicted molar refractivity (Wildman–Crippen MR) is 87.2 cm³/mol. The van der Waals surface area contributed by atoms with Crippen molar-refractivity contribution >= 4 is 34.7 Å². The highest BCUT2D eigenvalue weighted by Gasteiger charge is 2.67. The number of fused-ring (bicyclic) bond motifs is 1. The number of β-lactam (4-membered cyclic amide) rings is 1. The molecule has 1 aromatic rings. The Labute approximate surface area is 143 Å². The zero-order valence-corrected chi connectivity index (χ0v) is 14.3. The molecule has 1 amide bonds. The fourth-order valence-corrected chi connectivity index (χ4v) is 5.23. The van der Waals surface area contributed by atoms with E-state index in [2.05, 4.69) is 0 Å². The molecule has 0 spiro atoms. The maximum Gasteiger partial charge on any atom is 0.336 e. The van der Waals surface area contributed by atoms with Gasteiger partial charge in [0.15, 0.2) is 6.04 Å². The second kappa shape index (κ2) is 6.34. The van der Waals surface area contributed by atoms with E-state index in [-0.39, 0.29) is 18.6 Å². The van der Waals surface area contributed by atoms with Crippen LogP contribution in [0.1, 0.15) is 25.3 Å². The number of esters is 1. The van der Waals surface area contributed by atoms with Gasteiger partial charge in [0.1, 0.15) is 12.4 Å². The first-order valence-electron chi connectivity index (χ1n) is 7.56. The first-order valence-corrected chi connectivity index (χ1v) is 9.26. The topological polar surface area (TPSA) is 69.7 Å². The second-order valence-electron chi connectivity index (χ2n) is 5.78. The van der Waals surface area contributed by atoms with Gasteiger partial charge in [0.2, 0.25) is 10.1 Å². The molecule has 0 aliphatic carbocycles. The van der Waals surface area contributed by atoms with Gasteiger partial charge in [0.05, 0.1) is 0 Å². The molecule has 2 saturated heterocycles. The molecule has 124 valence electrons. The van der Waals surface area contributed by atoms with Gasteiger partial charge in [0.25, 0.3) is 0 Å². The number of amides is 1. The Morgan fingerprint density at radius 1 is 1.48 bits per heavy atom. The fraction of sp³-hybridized carbons (Fsp3) is 0.500. The van der Waals surface area contributed by atoms with Crippen LogP contribution < -0.4 is 0 Å². The lowest BCUT2D eigenvalue weighted by molar-refractivity contribution is -0.161. The third-order valence-electron chi connectivity index (χ3n) is 4.38. The lowest BCUT2D eigenvalue weighted by atomic mass is 10.0.